The van der Waals surface area contributed by atoms with Crippen molar-refractivity contribution < 1.29 is 9.32 Å². The number of hydrogen-bond donors (Lipinski definition) is 2. The Hall–Kier alpha value is -2.08. The Kier molecular flexibility index (Phi) is 4.95. The predicted octanol–water partition coefficient (Wildman–Crippen LogP) is 2.07. The van der Waals surface area contributed by atoms with Crippen molar-refractivity contribution >= 4 is 17.6 Å². The molecule has 2 amide bonds. The van der Waals surface area contributed by atoms with Crippen molar-refractivity contribution in [3.05, 3.63) is 46.6 Å². The molecule has 6 nitrogen and oxygen atoms in total. The van der Waals surface area contributed by atoms with Crippen LogP contribution >= 0.6 is 11.6 Å². The molecule has 2 N–H and O–H groups in total. The second-order valence-corrected chi connectivity index (χ2v) is 4.59. The van der Waals surface area contributed by atoms with E-state index >= 15 is 0 Å². The molecule has 0 fully saturated rings. The zero-order valence-corrected chi connectivity index (χ0v) is 11.8. The number of carbonyl (C=O) groups excluding carboxylic acids is 1. The van der Waals surface area contributed by atoms with Crippen molar-refractivity contribution in [1.29, 1.82) is 0 Å². The zero-order valence-electron chi connectivity index (χ0n) is 11.0. The molecule has 1 aromatic carbocycles. The van der Waals surface area contributed by atoms with Gasteiger partial charge in [-0.15, -0.1) is 0 Å². The van der Waals surface area contributed by atoms with Gasteiger partial charge < -0.3 is 15.2 Å². The Morgan fingerprint density at radius 2 is 2.15 bits per heavy atom. The first-order valence-corrected chi connectivity index (χ1v) is 6.57. The first kappa shape index (κ1) is 14.3. The normalized spacial score (nSPS) is 10.3. The van der Waals surface area contributed by atoms with Gasteiger partial charge in [0.2, 0.25) is 5.89 Å². The Morgan fingerprint density at radius 3 is 2.85 bits per heavy atom. The lowest BCUT2D eigenvalue weighted by molar-refractivity contribution is 0.240. The Morgan fingerprint density at radius 1 is 1.35 bits per heavy atom. The van der Waals surface area contributed by atoms with E-state index in [4.69, 9.17) is 16.1 Å². The molecule has 2 aromatic rings. The van der Waals surface area contributed by atoms with Crippen molar-refractivity contribution in [1.82, 2.24) is 20.8 Å². The number of hydrogen-bond acceptors (Lipinski definition) is 4. The predicted molar refractivity (Wildman–Crippen MR) is 74.4 cm³/mol. The van der Waals surface area contributed by atoms with Crippen molar-refractivity contribution in [3.8, 4) is 0 Å². The van der Waals surface area contributed by atoms with Crippen LogP contribution < -0.4 is 10.6 Å². The van der Waals surface area contributed by atoms with Crippen molar-refractivity contribution in [2.24, 2.45) is 0 Å². The van der Waals surface area contributed by atoms with Crippen LogP contribution in [0.2, 0.25) is 5.02 Å². The first-order valence-electron chi connectivity index (χ1n) is 6.19. The van der Waals surface area contributed by atoms with Gasteiger partial charge in [-0.3, -0.25) is 0 Å². The topological polar surface area (TPSA) is 80.0 Å². The summed E-state index contributed by atoms with van der Waals surface area (Å²) in [5.74, 6) is 1.09. The van der Waals surface area contributed by atoms with Crippen LogP contribution in [0.3, 0.4) is 0 Å². The number of nitrogens with one attached hydrogen (secondary N) is 2. The van der Waals surface area contributed by atoms with Gasteiger partial charge in [-0.25, -0.2) is 4.79 Å². The summed E-state index contributed by atoms with van der Waals surface area (Å²) >= 11 is 6.00. The molecule has 0 spiro atoms. The monoisotopic (exact) mass is 294 g/mol. The van der Waals surface area contributed by atoms with Crippen LogP contribution in [0.4, 0.5) is 4.79 Å². The number of carbonyl (C=O) groups is 1. The number of rotatable bonds is 5. The molecule has 0 atom stereocenters. The van der Waals surface area contributed by atoms with Gasteiger partial charge >= 0.3 is 6.03 Å². The summed E-state index contributed by atoms with van der Waals surface area (Å²) in [6, 6.07) is 7.11. The molecule has 7 heteroatoms. The van der Waals surface area contributed by atoms with Gasteiger partial charge in [0.05, 0.1) is 0 Å². The summed E-state index contributed by atoms with van der Waals surface area (Å²) in [5.41, 5.74) is 0.872. The van der Waals surface area contributed by atoms with E-state index in [9.17, 15) is 4.79 Å². The molecule has 0 saturated heterocycles. The molecule has 0 aliphatic rings. The molecule has 0 saturated carbocycles. The van der Waals surface area contributed by atoms with Crippen molar-refractivity contribution in [3.63, 3.8) is 0 Å². The summed E-state index contributed by atoms with van der Waals surface area (Å²) in [6.07, 6.45) is 0.500. The largest absolute Gasteiger partial charge is 0.339 e. The maximum absolute atomic E-state index is 11.6. The molecule has 0 aliphatic heterocycles. The maximum Gasteiger partial charge on any atom is 0.315 e. The minimum Gasteiger partial charge on any atom is -0.339 e. The molecule has 0 unspecified atom stereocenters. The number of nitrogens with zero attached hydrogens (tertiary/aromatic N) is 2. The van der Waals surface area contributed by atoms with Crippen LogP contribution in [0, 0.1) is 6.92 Å². The summed E-state index contributed by atoms with van der Waals surface area (Å²) in [7, 11) is 0. The fourth-order valence-corrected chi connectivity index (χ4v) is 1.81. The lowest BCUT2D eigenvalue weighted by Crippen LogP contribution is -2.36. The van der Waals surface area contributed by atoms with E-state index in [1.54, 1.807) is 13.0 Å². The molecule has 20 heavy (non-hydrogen) atoms. The molecule has 0 aliphatic carbocycles. The maximum atomic E-state index is 11.6. The van der Waals surface area contributed by atoms with Crippen LogP contribution in [0.15, 0.2) is 28.8 Å². The van der Waals surface area contributed by atoms with Crippen LogP contribution in [-0.2, 0) is 13.0 Å². The van der Waals surface area contributed by atoms with Crippen LogP contribution in [0.1, 0.15) is 17.3 Å². The molecule has 2 rings (SSSR count). The summed E-state index contributed by atoms with van der Waals surface area (Å²) in [5, 5.41) is 9.74. The Labute approximate surface area is 121 Å². The molecule has 0 bridgehead atoms. The minimum absolute atomic E-state index is 0.263. The smallest absolute Gasteiger partial charge is 0.315 e. The number of halogens is 1. The molecule has 1 aromatic heterocycles. The van der Waals surface area contributed by atoms with Crippen LogP contribution in [0.25, 0.3) is 0 Å². The standard InChI is InChI=1S/C13H15ClN4O2/c1-9-17-12(20-18-9)6-7-15-13(19)16-8-10-4-2-3-5-11(10)14/h2-5H,6-8H2,1H3,(H2,15,16,19). The average Bonchev–Trinajstić information content (AvgIpc) is 2.83. The molecule has 106 valence electrons. The Balaban J connectivity index is 1.69. The third kappa shape index (κ3) is 4.24. The van der Waals surface area contributed by atoms with Gasteiger partial charge in [0.15, 0.2) is 5.82 Å². The first-order chi connectivity index (χ1) is 9.65. The van der Waals surface area contributed by atoms with Crippen LogP contribution in [0.5, 0.6) is 0 Å². The molecule has 0 radical (unpaired) electrons. The Bertz CT molecular complexity index is 585. The van der Waals surface area contributed by atoms with E-state index in [1.165, 1.54) is 0 Å². The van der Waals surface area contributed by atoms with Gasteiger partial charge in [-0.1, -0.05) is 35.0 Å². The van der Waals surface area contributed by atoms with E-state index in [1.807, 2.05) is 18.2 Å². The highest BCUT2D eigenvalue weighted by molar-refractivity contribution is 6.31. The molecular formula is C13H15ClN4O2. The zero-order chi connectivity index (χ0) is 14.4. The van der Waals surface area contributed by atoms with Gasteiger partial charge in [0.1, 0.15) is 0 Å². The van der Waals surface area contributed by atoms with Gasteiger partial charge in [-0.2, -0.15) is 4.98 Å². The highest BCUT2D eigenvalue weighted by atomic mass is 35.5. The third-order valence-electron chi connectivity index (χ3n) is 2.59. The van der Waals surface area contributed by atoms with E-state index in [-0.39, 0.29) is 6.03 Å². The SMILES string of the molecule is Cc1noc(CCNC(=O)NCc2ccccc2Cl)n1. The highest BCUT2D eigenvalue weighted by Gasteiger charge is 2.05. The number of urea groups is 1. The number of amides is 2. The van der Waals surface area contributed by atoms with E-state index in [0.717, 1.165) is 5.56 Å². The minimum atomic E-state index is -0.263. The molecular weight excluding hydrogens is 280 g/mol. The summed E-state index contributed by atoms with van der Waals surface area (Å²) in [6.45, 7) is 2.55. The summed E-state index contributed by atoms with van der Waals surface area (Å²) in [4.78, 5) is 15.6. The van der Waals surface area contributed by atoms with Crippen LogP contribution in [-0.4, -0.2) is 22.7 Å². The second-order valence-electron chi connectivity index (χ2n) is 4.19. The lowest BCUT2D eigenvalue weighted by atomic mass is 10.2. The summed E-state index contributed by atoms with van der Waals surface area (Å²) < 4.78 is 4.94. The molecule has 1 heterocycles. The van der Waals surface area contributed by atoms with E-state index < -0.39 is 0 Å². The van der Waals surface area contributed by atoms with E-state index in [0.29, 0.717) is 36.2 Å². The average molecular weight is 295 g/mol. The fourth-order valence-electron chi connectivity index (χ4n) is 1.60. The highest BCUT2D eigenvalue weighted by Crippen LogP contribution is 2.14. The van der Waals surface area contributed by atoms with Crippen molar-refractivity contribution in [2.45, 2.75) is 19.9 Å². The van der Waals surface area contributed by atoms with Crippen molar-refractivity contribution in [2.75, 3.05) is 6.54 Å². The number of benzene rings is 1. The van der Waals surface area contributed by atoms with Gasteiger partial charge in [-0.05, 0) is 18.6 Å². The number of aromatic nitrogens is 2. The number of aryl methyl sites for hydroxylation is 1. The van der Waals surface area contributed by atoms with Gasteiger partial charge in [0, 0.05) is 24.5 Å². The lowest BCUT2D eigenvalue weighted by Gasteiger charge is -2.07. The van der Waals surface area contributed by atoms with Gasteiger partial charge in [0.25, 0.3) is 0 Å². The fraction of sp³-hybridized carbons (Fsp3) is 0.308. The quantitative estimate of drug-likeness (QED) is 0.885. The third-order valence-corrected chi connectivity index (χ3v) is 2.96. The second kappa shape index (κ2) is 6.91. The van der Waals surface area contributed by atoms with E-state index in [2.05, 4.69) is 20.8 Å².